The van der Waals surface area contributed by atoms with Gasteiger partial charge in [0.25, 0.3) is 11.8 Å². The molecule has 1 unspecified atom stereocenters. The third kappa shape index (κ3) is 3.25. The fourth-order valence-corrected chi connectivity index (χ4v) is 1.65. The Morgan fingerprint density at radius 1 is 1.55 bits per heavy atom. The first-order valence-corrected chi connectivity index (χ1v) is 6.09. The molecule has 1 aromatic rings. The first-order valence-electron chi connectivity index (χ1n) is 6.09. The molecule has 0 saturated carbocycles. The highest BCUT2D eigenvalue weighted by Gasteiger charge is 2.21. The van der Waals surface area contributed by atoms with Gasteiger partial charge in [0.2, 0.25) is 0 Å². The number of aliphatic hydroxyl groups excluding tert-OH is 1. The maximum absolute atomic E-state index is 11.9. The molecule has 1 aliphatic rings. The summed E-state index contributed by atoms with van der Waals surface area (Å²) in [4.78, 5) is 23.1. The van der Waals surface area contributed by atoms with E-state index in [0.717, 1.165) is 0 Å². The summed E-state index contributed by atoms with van der Waals surface area (Å²) < 4.78 is 5.19. The van der Waals surface area contributed by atoms with Crippen LogP contribution in [0.2, 0.25) is 0 Å². The van der Waals surface area contributed by atoms with Crippen LogP contribution in [0.5, 0.6) is 5.75 Å². The molecule has 7 nitrogen and oxygen atoms in total. The molecule has 0 saturated heterocycles. The molecule has 0 radical (unpaired) electrons. The molecule has 2 rings (SSSR count). The van der Waals surface area contributed by atoms with Gasteiger partial charge in [0, 0.05) is 12.1 Å². The zero-order valence-electron chi connectivity index (χ0n) is 11.0. The molecule has 1 aromatic carbocycles. The standard InChI is InChI=1S/C13H16N2O5/c1-13(19,7-16)6-14-12(18)8-2-3-10-9(4-8)15-11(17)5-20-10/h2-4,16,19H,5-7H2,1H3,(H,14,18)(H,15,17). The third-order valence-corrected chi connectivity index (χ3v) is 2.85. The largest absolute Gasteiger partial charge is 0.482 e. The van der Waals surface area contributed by atoms with Crippen LogP contribution in [-0.4, -0.2) is 47.4 Å². The number of carbonyl (C=O) groups is 2. The molecule has 20 heavy (non-hydrogen) atoms. The van der Waals surface area contributed by atoms with Crippen molar-refractivity contribution in [2.75, 3.05) is 25.1 Å². The number of rotatable bonds is 4. The number of nitrogens with one attached hydrogen (secondary N) is 2. The van der Waals surface area contributed by atoms with Gasteiger partial charge in [0.15, 0.2) is 6.61 Å². The SMILES string of the molecule is CC(O)(CO)CNC(=O)c1ccc2c(c1)NC(=O)CO2. The summed E-state index contributed by atoms with van der Waals surface area (Å²) in [5, 5.41) is 23.6. The Kier molecular flexibility index (Phi) is 3.91. The van der Waals surface area contributed by atoms with Crippen molar-refractivity contribution < 1.29 is 24.5 Å². The van der Waals surface area contributed by atoms with E-state index in [1.165, 1.54) is 13.0 Å². The summed E-state index contributed by atoms with van der Waals surface area (Å²) in [6, 6.07) is 4.64. The van der Waals surface area contributed by atoms with Crippen molar-refractivity contribution in [3.63, 3.8) is 0 Å². The van der Waals surface area contributed by atoms with Gasteiger partial charge in [0.05, 0.1) is 12.3 Å². The van der Waals surface area contributed by atoms with Gasteiger partial charge in [-0.05, 0) is 25.1 Å². The lowest BCUT2D eigenvalue weighted by Gasteiger charge is -2.21. The van der Waals surface area contributed by atoms with E-state index < -0.39 is 18.1 Å². The second-order valence-electron chi connectivity index (χ2n) is 4.89. The molecular weight excluding hydrogens is 264 g/mol. The van der Waals surface area contributed by atoms with Gasteiger partial charge < -0.3 is 25.6 Å². The van der Waals surface area contributed by atoms with Crippen molar-refractivity contribution in [1.82, 2.24) is 5.32 Å². The van der Waals surface area contributed by atoms with E-state index in [2.05, 4.69) is 10.6 Å². The number of anilines is 1. The Morgan fingerprint density at radius 3 is 3.00 bits per heavy atom. The molecule has 0 spiro atoms. The van der Waals surface area contributed by atoms with Gasteiger partial charge >= 0.3 is 0 Å². The van der Waals surface area contributed by atoms with Gasteiger partial charge in [-0.2, -0.15) is 0 Å². The predicted molar refractivity (Wildman–Crippen MR) is 70.6 cm³/mol. The zero-order valence-corrected chi connectivity index (χ0v) is 11.0. The Balaban J connectivity index is 2.08. The van der Waals surface area contributed by atoms with Gasteiger partial charge in [-0.1, -0.05) is 0 Å². The first-order chi connectivity index (χ1) is 9.41. The van der Waals surface area contributed by atoms with Gasteiger partial charge in [0.1, 0.15) is 11.4 Å². The van der Waals surface area contributed by atoms with Crippen molar-refractivity contribution in [2.24, 2.45) is 0 Å². The maximum atomic E-state index is 11.9. The molecule has 4 N–H and O–H groups in total. The van der Waals surface area contributed by atoms with E-state index in [1.54, 1.807) is 12.1 Å². The topological polar surface area (TPSA) is 108 Å². The molecule has 0 fully saturated rings. The Morgan fingerprint density at radius 2 is 2.30 bits per heavy atom. The summed E-state index contributed by atoms with van der Waals surface area (Å²) in [6.07, 6.45) is 0. The summed E-state index contributed by atoms with van der Waals surface area (Å²) >= 11 is 0. The minimum atomic E-state index is -1.37. The van der Waals surface area contributed by atoms with Crippen LogP contribution in [0.15, 0.2) is 18.2 Å². The Bertz CT molecular complexity index is 542. The Labute approximate surface area is 115 Å². The van der Waals surface area contributed by atoms with E-state index >= 15 is 0 Å². The van der Waals surface area contributed by atoms with E-state index in [1.807, 2.05) is 0 Å². The number of hydrogen-bond acceptors (Lipinski definition) is 5. The normalized spacial score (nSPS) is 16.4. The van der Waals surface area contributed by atoms with Crippen molar-refractivity contribution in [2.45, 2.75) is 12.5 Å². The summed E-state index contributed by atoms with van der Waals surface area (Å²) in [7, 11) is 0. The number of fused-ring (bicyclic) bond motifs is 1. The van der Waals surface area contributed by atoms with Crippen LogP contribution in [0, 0.1) is 0 Å². The van der Waals surface area contributed by atoms with Crippen LogP contribution in [0.3, 0.4) is 0 Å². The average Bonchev–Trinajstić information content (AvgIpc) is 2.44. The lowest BCUT2D eigenvalue weighted by Crippen LogP contribution is -2.43. The van der Waals surface area contributed by atoms with Crippen molar-refractivity contribution in [3.05, 3.63) is 23.8 Å². The molecule has 0 aliphatic carbocycles. The average molecular weight is 280 g/mol. The van der Waals surface area contributed by atoms with Crippen LogP contribution in [0.1, 0.15) is 17.3 Å². The number of ether oxygens (including phenoxy) is 1. The molecular formula is C13H16N2O5. The minimum Gasteiger partial charge on any atom is -0.482 e. The fourth-order valence-electron chi connectivity index (χ4n) is 1.65. The van der Waals surface area contributed by atoms with Crippen LogP contribution < -0.4 is 15.4 Å². The zero-order chi connectivity index (χ0) is 14.8. The van der Waals surface area contributed by atoms with Crippen molar-refractivity contribution >= 4 is 17.5 Å². The highest BCUT2D eigenvalue weighted by molar-refractivity contribution is 5.99. The van der Waals surface area contributed by atoms with Crippen molar-refractivity contribution in [1.29, 1.82) is 0 Å². The van der Waals surface area contributed by atoms with E-state index in [9.17, 15) is 14.7 Å². The first kappa shape index (κ1) is 14.3. The quantitative estimate of drug-likeness (QED) is 0.594. The van der Waals surface area contributed by atoms with Gasteiger partial charge in [-0.25, -0.2) is 0 Å². The number of amides is 2. The molecule has 1 heterocycles. The smallest absolute Gasteiger partial charge is 0.262 e. The van der Waals surface area contributed by atoms with Gasteiger partial charge in [-0.3, -0.25) is 9.59 Å². The van der Waals surface area contributed by atoms with E-state index in [4.69, 9.17) is 9.84 Å². The van der Waals surface area contributed by atoms with Gasteiger partial charge in [-0.15, -0.1) is 0 Å². The minimum absolute atomic E-state index is 0.0437. The highest BCUT2D eigenvalue weighted by Crippen LogP contribution is 2.28. The Hall–Kier alpha value is -2.12. The summed E-state index contributed by atoms with van der Waals surface area (Å²) in [6.45, 7) is 0.829. The second kappa shape index (κ2) is 5.48. The molecule has 1 aliphatic heterocycles. The number of benzene rings is 1. The monoisotopic (exact) mass is 280 g/mol. The van der Waals surface area contributed by atoms with Crippen LogP contribution >= 0.6 is 0 Å². The van der Waals surface area contributed by atoms with Crippen molar-refractivity contribution in [3.8, 4) is 5.75 Å². The third-order valence-electron chi connectivity index (χ3n) is 2.85. The van der Waals surface area contributed by atoms with Crippen LogP contribution in [-0.2, 0) is 4.79 Å². The number of aliphatic hydroxyl groups is 2. The fraction of sp³-hybridized carbons (Fsp3) is 0.385. The summed E-state index contributed by atoms with van der Waals surface area (Å²) in [5.41, 5.74) is -0.618. The number of carbonyl (C=O) groups excluding carboxylic acids is 2. The van der Waals surface area contributed by atoms with E-state index in [-0.39, 0.29) is 19.1 Å². The molecule has 0 aromatic heterocycles. The summed E-state index contributed by atoms with van der Waals surface area (Å²) in [5.74, 6) is -0.192. The van der Waals surface area contributed by atoms with Crippen LogP contribution in [0.25, 0.3) is 0 Å². The predicted octanol–water partition coefficient (Wildman–Crippen LogP) is -0.509. The maximum Gasteiger partial charge on any atom is 0.262 e. The lowest BCUT2D eigenvalue weighted by molar-refractivity contribution is -0.118. The molecule has 2 amide bonds. The number of hydrogen-bond donors (Lipinski definition) is 4. The second-order valence-corrected chi connectivity index (χ2v) is 4.89. The highest BCUT2D eigenvalue weighted by atomic mass is 16.5. The molecule has 108 valence electrons. The van der Waals surface area contributed by atoms with E-state index in [0.29, 0.717) is 17.0 Å². The molecule has 1 atom stereocenters. The molecule has 0 bridgehead atoms. The molecule has 7 heteroatoms. The lowest BCUT2D eigenvalue weighted by atomic mass is 10.1. The van der Waals surface area contributed by atoms with Crippen LogP contribution in [0.4, 0.5) is 5.69 Å².